The van der Waals surface area contributed by atoms with E-state index in [2.05, 4.69) is 14.9 Å². The molecule has 0 radical (unpaired) electrons. The van der Waals surface area contributed by atoms with E-state index in [1.807, 2.05) is 13.0 Å². The van der Waals surface area contributed by atoms with Gasteiger partial charge in [0.1, 0.15) is 0 Å². The Hall–Kier alpha value is -1.20. The van der Waals surface area contributed by atoms with E-state index in [0.29, 0.717) is 6.54 Å². The van der Waals surface area contributed by atoms with Gasteiger partial charge in [0.25, 0.3) is 0 Å². The number of anilines is 1. The van der Waals surface area contributed by atoms with E-state index in [0.717, 1.165) is 50.1 Å². The van der Waals surface area contributed by atoms with Crippen molar-refractivity contribution in [3.8, 4) is 0 Å². The Morgan fingerprint density at radius 2 is 2.25 bits per heavy atom. The Morgan fingerprint density at radius 3 is 3.06 bits per heavy atom. The molecule has 5 nitrogen and oxygen atoms in total. The number of rotatable bonds is 2. The van der Waals surface area contributed by atoms with Crippen LogP contribution in [0.15, 0.2) is 6.07 Å². The molecule has 0 bridgehead atoms. The maximum atomic E-state index is 5.61. The summed E-state index contributed by atoms with van der Waals surface area (Å²) in [6.07, 6.45) is 1.02. The summed E-state index contributed by atoms with van der Waals surface area (Å²) < 4.78 is 5.41. The van der Waals surface area contributed by atoms with Crippen LogP contribution >= 0.6 is 0 Å². The van der Waals surface area contributed by atoms with Crippen LogP contribution in [0.3, 0.4) is 0 Å². The molecule has 88 valence electrons. The van der Waals surface area contributed by atoms with Crippen molar-refractivity contribution in [3.63, 3.8) is 0 Å². The van der Waals surface area contributed by atoms with Crippen LogP contribution in [0.5, 0.6) is 0 Å². The number of nitrogens with two attached hydrogens (primary N) is 1. The highest BCUT2D eigenvalue weighted by Gasteiger charge is 2.13. The van der Waals surface area contributed by atoms with E-state index in [9.17, 15) is 0 Å². The molecule has 1 aliphatic heterocycles. The van der Waals surface area contributed by atoms with Crippen molar-refractivity contribution in [2.75, 3.05) is 31.2 Å². The average Bonchev–Trinajstić information content (AvgIpc) is 2.56. The van der Waals surface area contributed by atoms with Crippen molar-refractivity contribution in [1.82, 2.24) is 9.97 Å². The minimum Gasteiger partial charge on any atom is -0.380 e. The number of nitrogens with zero attached hydrogens (tertiary/aromatic N) is 3. The first kappa shape index (κ1) is 11.3. The lowest BCUT2D eigenvalue weighted by molar-refractivity contribution is 0.152. The van der Waals surface area contributed by atoms with Crippen LogP contribution in [0, 0.1) is 6.92 Å². The molecule has 1 aromatic rings. The topological polar surface area (TPSA) is 64.3 Å². The van der Waals surface area contributed by atoms with Gasteiger partial charge in [0.2, 0.25) is 5.95 Å². The molecule has 0 aliphatic carbocycles. The fourth-order valence-electron chi connectivity index (χ4n) is 1.81. The molecule has 1 aliphatic rings. The number of aryl methyl sites for hydroxylation is 1. The highest BCUT2D eigenvalue weighted by Crippen LogP contribution is 2.12. The smallest absolute Gasteiger partial charge is 0.225 e. The summed E-state index contributed by atoms with van der Waals surface area (Å²) in [4.78, 5) is 11.1. The van der Waals surface area contributed by atoms with E-state index in [1.165, 1.54) is 0 Å². The molecule has 5 heteroatoms. The zero-order chi connectivity index (χ0) is 11.4. The van der Waals surface area contributed by atoms with Gasteiger partial charge in [0.15, 0.2) is 0 Å². The van der Waals surface area contributed by atoms with E-state index in [4.69, 9.17) is 10.5 Å². The fourth-order valence-corrected chi connectivity index (χ4v) is 1.81. The number of hydrogen-bond donors (Lipinski definition) is 1. The first-order valence-electron chi connectivity index (χ1n) is 5.67. The van der Waals surface area contributed by atoms with E-state index >= 15 is 0 Å². The van der Waals surface area contributed by atoms with Crippen LogP contribution in [-0.4, -0.2) is 36.3 Å². The zero-order valence-corrected chi connectivity index (χ0v) is 9.65. The van der Waals surface area contributed by atoms with E-state index < -0.39 is 0 Å². The number of ether oxygens (including phenoxy) is 1. The molecular formula is C11H18N4O. The second kappa shape index (κ2) is 5.23. The minimum atomic E-state index is 0.459. The van der Waals surface area contributed by atoms with Crippen molar-refractivity contribution in [1.29, 1.82) is 0 Å². The largest absolute Gasteiger partial charge is 0.380 e. The van der Waals surface area contributed by atoms with Crippen LogP contribution in [-0.2, 0) is 11.3 Å². The molecule has 0 spiro atoms. The van der Waals surface area contributed by atoms with Gasteiger partial charge < -0.3 is 15.4 Å². The summed E-state index contributed by atoms with van der Waals surface area (Å²) in [6.45, 7) is 5.81. The maximum absolute atomic E-state index is 5.61. The van der Waals surface area contributed by atoms with Crippen LogP contribution in [0.4, 0.5) is 5.95 Å². The molecule has 2 N–H and O–H groups in total. The molecule has 0 unspecified atom stereocenters. The Labute approximate surface area is 95.6 Å². The summed E-state index contributed by atoms with van der Waals surface area (Å²) in [5, 5.41) is 0. The van der Waals surface area contributed by atoms with E-state index in [-0.39, 0.29) is 0 Å². The van der Waals surface area contributed by atoms with Crippen LogP contribution in [0.25, 0.3) is 0 Å². The van der Waals surface area contributed by atoms with Crippen molar-refractivity contribution >= 4 is 5.95 Å². The molecule has 0 saturated carbocycles. The molecule has 0 amide bonds. The molecule has 0 aromatic carbocycles. The van der Waals surface area contributed by atoms with Gasteiger partial charge in [-0.05, 0) is 19.4 Å². The standard InChI is InChI=1S/C11H18N4O/c1-9-7-10(8-12)14-11(13-9)15-3-2-5-16-6-4-15/h7H,2-6,8,12H2,1H3. The number of aromatic nitrogens is 2. The SMILES string of the molecule is Cc1cc(CN)nc(N2CCCOCC2)n1. The maximum Gasteiger partial charge on any atom is 0.225 e. The molecule has 1 aromatic heterocycles. The predicted molar refractivity (Wildman–Crippen MR) is 62.3 cm³/mol. The molecule has 16 heavy (non-hydrogen) atoms. The normalized spacial score (nSPS) is 17.2. The Morgan fingerprint density at radius 1 is 1.38 bits per heavy atom. The van der Waals surface area contributed by atoms with Gasteiger partial charge in [-0.15, -0.1) is 0 Å². The van der Waals surface area contributed by atoms with Gasteiger partial charge >= 0.3 is 0 Å². The summed E-state index contributed by atoms with van der Waals surface area (Å²) in [7, 11) is 0. The Kier molecular flexibility index (Phi) is 3.69. The lowest BCUT2D eigenvalue weighted by atomic mass is 10.3. The van der Waals surface area contributed by atoms with Crippen molar-refractivity contribution in [2.24, 2.45) is 5.73 Å². The molecule has 2 rings (SSSR count). The second-order valence-electron chi connectivity index (χ2n) is 3.96. The highest BCUT2D eigenvalue weighted by molar-refractivity contribution is 5.32. The molecular weight excluding hydrogens is 204 g/mol. The third kappa shape index (κ3) is 2.68. The van der Waals surface area contributed by atoms with E-state index in [1.54, 1.807) is 0 Å². The van der Waals surface area contributed by atoms with Gasteiger partial charge in [-0.3, -0.25) is 0 Å². The van der Waals surface area contributed by atoms with Crippen LogP contribution in [0.1, 0.15) is 17.8 Å². The van der Waals surface area contributed by atoms with Gasteiger partial charge in [0, 0.05) is 31.9 Å². The molecule has 0 atom stereocenters. The molecule has 1 saturated heterocycles. The lowest BCUT2D eigenvalue weighted by Gasteiger charge is -2.20. The quantitative estimate of drug-likeness (QED) is 0.788. The van der Waals surface area contributed by atoms with Crippen LogP contribution < -0.4 is 10.6 Å². The summed E-state index contributed by atoms with van der Waals surface area (Å²) in [6, 6.07) is 1.93. The summed E-state index contributed by atoms with van der Waals surface area (Å²) in [5.41, 5.74) is 7.48. The minimum absolute atomic E-state index is 0.459. The van der Waals surface area contributed by atoms with Gasteiger partial charge in [-0.25, -0.2) is 9.97 Å². The Bertz CT molecular complexity index is 348. The van der Waals surface area contributed by atoms with Crippen molar-refractivity contribution < 1.29 is 4.74 Å². The number of hydrogen-bond acceptors (Lipinski definition) is 5. The summed E-state index contributed by atoms with van der Waals surface area (Å²) >= 11 is 0. The fraction of sp³-hybridized carbons (Fsp3) is 0.636. The first-order chi connectivity index (χ1) is 7.79. The third-order valence-corrected chi connectivity index (χ3v) is 2.61. The Balaban J connectivity index is 2.20. The first-order valence-corrected chi connectivity index (χ1v) is 5.67. The van der Waals surface area contributed by atoms with Gasteiger partial charge in [-0.2, -0.15) is 0 Å². The lowest BCUT2D eigenvalue weighted by Crippen LogP contribution is -2.28. The van der Waals surface area contributed by atoms with Gasteiger partial charge in [-0.1, -0.05) is 0 Å². The van der Waals surface area contributed by atoms with Crippen molar-refractivity contribution in [2.45, 2.75) is 19.9 Å². The summed E-state index contributed by atoms with van der Waals surface area (Å²) in [5.74, 6) is 0.783. The average molecular weight is 222 g/mol. The van der Waals surface area contributed by atoms with Crippen LogP contribution in [0.2, 0.25) is 0 Å². The third-order valence-electron chi connectivity index (χ3n) is 2.61. The zero-order valence-electron chi connectivity index (χ0n) is 9.65. The molecule has 1 fully saturated rings. The van der Waals surface area contributed by atoms with Gasteiger partial charge in [0.05, 0.1) is 12.3 Å². The highest BCUT2D eigenvalue weighted by atomic mass is 16.5. The second-order valence-corrected chi connectivity index (χ2v) is 3.96. The van der Waals surface area contributed by atoms with Crippen molar-refractivity contribution in [3.05, 3.63) is 17.5 Å². The monoisotopic (exact) mass is 222 g/mol. The molecule has 2 heterocycles. The predicted octanol–water partition coefficient (Wildman–Crippen LogP) is 0.470.